The summed E-state index contributed by atoms with van der Waals surface area (Å²) >= 11 is 0. The van der Waals surface area contributed by atoms with E-state index in [-0.39, 0.29) is 5.75 Å². The SMILES string of the molecule is CC(C)CCCCCCCS(=O)(=O)Cl. The second-order valence-corrected chi connectivity index (χ2v) is 7.09. The van der Waals surface area contributed by atoms with Crippen LogP contribution in [0.5, 0.6) is 0 Å². The highest BCUT2D eigenvalue weighted by atomic mass is 35.7. The standard InChI is InChI=1S/C10H21ClO2S/c1-10(2)8-6-4-3-5-7-9-14(11,12)13/h10H,3-9H2,1-2H3. The maximum absolute atomic E-state index is 10.6. The Bertz CT molecular complexity index is 222. The number of hydrogen-bond acceptors (Lipinski definition) is 2. The van der Waals surface area contributed by atoms with Gasteiger partial charge in [0.1, 0.15) is 0 Å². The van der Waals surface area contributed by atoms with Crippen molar-refractivity contribution in [1.29, 1.82) is 0 Å². The number of rotatable bonds is 8. The van der Waals surface area contributed by atoms with Crippen molar-refractivity contribution in [1.82, 2.24) is 0 Å². The largest absolute Gasteiger partial charge is 0.232 e. The van der Waals surface area contributed by atoms with Gasteiger partial charge >= 0.3 is 0 Å². The van der Waals surface area contributed by atoms with Crippen LogP contribution in [0.2, 0.25) is 0 Å². The van der Waals surface area contributed by atoms with Gasteiger partial charge in [0.2, 0.25) is 9.05 Å². The van der Waals surface area contributed by atoms with E-state index in [1.165, 1.54) is 19.3 Å². The molecular formula is C10H21ClO2S. The van der Waals surface area contributed by atoms with Crippen LogP contribution in [0.25, 0.3) is 0 Å². The fourth-order valence-electron chi connectivity index (χ4n) is 1.36. The van der Waals surface area contributed by atoms with Crippen molar-refractivity contribution in [3.63, 3.8) is 0 Å². The van der Waals surface area contributed by atoms with Crippen molar-refractivity contribution in [2.24, 2.45) is 5.92 Å². The van der Waals surface area contributed by atoms with Crippen molar-refractivity contribution >= 4 is 19.7 Å². The molecule has 0 amide bonds. The molecule has 86 valence electrons. The van der Waals surface area contributed by atoms with Gasteiger partial charge in [-0.1, -0.05) is 46.0 Å². The van der Waals surface area contributed by atoms with Crippen molar-refractivity contribution in [2.45, 2.75) is 52.4 Å². The summed E-state index contributed by atoms with van der Waals surface area (Å²) in [5.41, 5.74) is 0. The van der Waals surface area contributed by atoms with Gasteiger partial charge in [-0.2, -0.15) is 0 Å². The van der Waals surface area contributed by atoms with Gasteiger partial charge in [0, 0.05) is 10.7 Å². The molecule has 4 heteroatoms. The minimum absolute atomic E-state index is 0.124. The maximum atomic E-state index is 10.6. The smallest absolute Gasteiger partial charge is 0.212 e. The van der Waals surface area contributed by atoms with Gasteiger partial charge in [-0.3, -0.25) is 0 Å². The van der Waals surface area contributed by atoms with Gasteiger partial charge in [-0.05, 0) is 12.3 Å². The lowest BCUT2D eigenvalue weighted by atomic mass is 10.0. The zero-order valence-corrected chi connectivity index (χ0v) is 10.7. The normalized spacial score (nSPS) is 12.3. The molecule has 0 aromatic rings. The van der Waals surface area contributed by atoms with Gasteiger partial charge in [0.25, 0.3) is 0 Å². The summed E-state index contributed by atoms with van der Waals surface area (Å²) in [5, 5.41) is 0. The van der Waals surface area contributed by atoms with Crippen molar-refractivity contribution in [2.75, 3.05) is 5.75 Å². The zero-order chi connectivity index (χ0) is 11.0. The lowest BCUT2D eigenvalue weighted by molar-refractivity contribution is 0.518. The molecule has 2 nitrogen and oxygen atoms in total. The Balaban J connectivity index is 3.15. The molecule has 0 radical (unpaired) electrons. The summed E-state index contributed by atoms with van der Waals surface area (Å²) in [7, 11) is 1.83. The average Bonchev–Trinajstić information content (AvgIpc) is 2.00. The summed E-state index contributed by atoms with van der Waals surface area (Å²) in [4.78, 5) is 0. The minimum Gasteiger partial charge on any atom is -0.212 e. The van der Waals surface area contributed by atoms with E-state index >= 15 is 0 Å². The minimum atomic E-state index is -3.26. The van der Waals surface area contributed by atoms with Crippen LogP contribution in [0.4, 0.5) is 0 Å². The van der Waals surface area contributed by atoms with E-state index in [0.29, 0.717) is 6.42 Å². The molecule has 0 saturated heterocycles. The van der Waals surface area contributed by atoms with Gasteiger partial charge in [0.05, 0.1) is 5.75 Å². The third-order valence-corrected chi connectivity index (χ3v) is 3.41. The Labute approximate surface area is 92.5 Å². The molecule has 0 bridgehead atoms. The first-order valence-electron chi connectivity index (χ1n) is 5.34. The van der Waals surface area contributed by atoms with Crippen LogP contribution in [-0.2, 0) is 9.05 Å². The lowest BCUT2D eigenvalue weighted by Gasteiger charge is -2.03. The first-order valence-corrected chi connectivity index (χ1v) is 7.82. The van der Waals surface area contributed by atoms with Crippen LogP contribution in [-0.4, -0.2) is 14.2 Å². The molecule has 0 heterocycles. The highest BCUT2D eigenvalue weighted by Gasteiger charge is 2.03. The second kappa shape index (κ2) is 7.52. The fourth-order valence-corrected chi connectivity index (χ4v) is 2.23. The van der Waals surface area contributed by atoms with E-state index in [0.717, 1.165) is 18.8 Å². The Morgan fingerprint density at radius 1 is 1.00 bits per heavy atom. The van der Waals surface area contributed by atoms with Crippen LogP contribution >= 0.6 is 10.7 Å². The summed E-state index contributed by atoms with van der Waals surface area (Å²) in [6.07, 6.45) is 6.54. The molecule has 0 aliphatic heterocycles. The van der Waals surface area contributed by atoms with Crippen molar-refractivity contribution in [3.8, 4) is 0 Å². The number of halogens is 1. The maximum Gasteiger partial charge on any atom is 0.232 e. The Morgan fingerprint density at radius 2 is 1.50 bits per heavy atom. The average molecular weight is 241 g/mol. The molecule has 0 unspecified atom stereocenters. The lowest BCUT2D eigenvalue weighted by Crippen LogP contribution is -1.96. The Morgan fingerprint density at radius 3 is 2.00 bits per heavy atom. The number of unbranched alkanes of at least 4 members (excludes halogenated alkanes) is 4. The van der Waals surface area contributed by atoms with Gasteiger partial charge in [-0.25, -0.2) is 8.42 Å². The van der Waals surface area contributed by atoms with Crippen LogP contribution in [0.1, 0.15) is 52.4 Å². The van der Waals surface area contributed by atoms with Crippen LogP contribution < -0.4 is 0 Å². The molecular weight excluding hydrogens is 220 g/mol. The summed E-state index contributed by atoms with van der Waals surface area (Å²) in [6, 6.07) is 0. The molecule has 0 atom stereocenters. The Kier molecular flexibility index (Phi) is 7.65. The summed E-state index contributed by atoms with van der Waals surface area (Å²) in [5.74, 6) is 0.900. The molecule has 0 aromatic carbocycles. The first kappa shape index (κ1) is 14.2. The van der Waals surface area contributed by atoms with Gasteiger partial charge in [-0.15, -0.1) is 0 Å². The molecule has 0 saturated carbocycles. The van der Waals surface area contributed by atoms with Gasteiger partial charge in [0.15, 0.2) is 0 Å². The molecule has 0 spiro atoms. The molecule has 0 aliphatic rings. The number of hydrogen-bond donors (Lipinski definition) is 0. The molecule has 0 aliphatic carbocycles. The van der Waals surface area contributed by atoms with E-state index in [2.05, 4.69) is 13.8 Å². The predicted molar refractivity (Wildman–Crippen MR) is 62.2 cm³/mol. The quantitative estimate of drug-likeness (QED) is 0.480. The molecule has 0 fully saturated rings. The van der Waals surface area contributed by atoms with Crippen molar-refractivity contribution in [3.05, 3.63) is 0 Å². The fraction of sp³-hybridized carbons (Fsp3) is 1.00. The van der Waals surface area contributed by atoms with Crippen LogP contribution in [0, 0.1) is 5.92 Å². The monoisotopic (exact) mass is 240 g/mol. The van der Waals surface area contributed by atoms with Crippen molar-refractivity contribution < 1.29 is 8.42 Å². The summed E-state index contributed by atoms with van der Waals surface area (Å²) < 4.78 is 21.1. The van der Waals surface area contributed by atoms with Gasteiger partial charge < -0.3 is 0 Å². The molecule has 0 rings (SSSR count). The zero-order valence-electron chi connectivity index (χ0n) is 9.13. The Hall–Kier alpha value is 0.240. The third kappa shape index (κ3) is 12.2. The molecule has 0 N–H and O–H groups in total. The highest BCUT2D eigenvalue weighted by Crippen LogP contribution is 2.11. The van der Waals surface area contributed by atoms with E-state index in [4.69, 9.17) is 10.7 Å². The highest BCUT2D eigenvalue weighted by molar-refractivity contribution is 8.13. The van der Waals surface area contributed by atoms with Crippen LogP contribution in [0.3, 0.4) is 0 Å². The van der Waals surface area contributed by atoms with E-state index in [1.807, 2.05) is 0 Å². The second-order valence-electron chi connectivity index (χ2n) is 4.19. The molecule has 14 heavy (non-hydrogen) atoms. The predicted octanol–water partition coefficient (Wildman–Crippen LogP) is 3.55. The van der Waals surface area contributed by atoms with Crippen LogP contribution in [0.15, 0.2) is 0 Å². The van der Waals surface area contributed by atoms with E-state index in [1.54, 1.807) is 0 Å². The van der Waals surface area contributed by atoms with E-state index < -0.39 is 9.05 Å². The first-order chi connectivity index (χ1) is 6.42. The van der Waals surface area contributed by atoms with E-state index in [9.17, 15) is 8.42 Å². The third-order valence-electron chi connectivity index (χ3n) is 2.17. The molecule has 0 aromatic heterocycles. The topological polar surface area (TPSA) is 34.1 Å². The summed E-state index contributed by atoms with van der Waals surface area (Å²) in [6.45, 7) is 4.44.